The molecule has 1 fully saturated rings. The van der Waals surface area contributed by atoms with Crippen molar-refractivity contribution in [3.8, 4) is 5.75 Å². The van der Waals surface area contributed by atoms with Gasteiger partial charge < -0.3 is 14.5 Å². The molecule has 1 atom stereocenters. The van der Waals surface area contributed by atoms with Crippen molar-refractivity contribution in [3.63, 3.8) is 0 Å². The van der Waals surface area contributed by atoms with Gasteiger partial charge >= 0.3 is 0 Å². The zero-order chi connectivity index (χ0) is 20.7. The van der Waals surface area contributed by atoms with Gasteiger partial charge in [-0.2, -0.15) is 0 Å². The number of benzene rings is 1. The maximum Gasteiger partial charge on any atom is 0.257 e. The molecule has 0 saturated carbocycles. The molecule has 158 valence electrons. The van der Waals surface area contributed by atoms with Gasteiger partial charge in [0.25, 0.3) is 5.56 Å². The van der Waals surface area contributed by atoms with Gasteiger partial charge in [-0.05, 0) is 43.5 Å². The van der Waals surface area contributed by atoms with Gasteiger partial charge in [0, 0.05) is 49.6 Å². The summed E-state index contributed by atoms with van der Waals surface area (Å²) >= 11 is 1.61. The number of hydrogen-bond acceptors (Lipinski definition) is 6. The lowest BCUT2D eigenvalue weighted by Crippen LogP contribution is -2.49. The van der Waals surface area contributed by atoms with Gasteiger partial charge in [0.15, 0.2) is 5.16 Å². The topological polar surface area (TPSA) is 67.7 Å². The molecule has 1 saturated heterocycles. The molecule has 1 aromatic heterocycles. The predicted octanol–water partition coefficient (Wildman–Crippen LogP) is 2.13. The summed E-state index contributed by atoms with van der Waals surface area (Å²) in [5, 5.41) is 0.794. The third-order valence-electron chi connectivity index (χ3n) is 6.35. The summed E-state index contributed by atoms with van der Waals surface area (Å²) in [4.78, 5) is 34.9. The average molecular weight is 427 g/mol. The standard InChI is InChI=1S/C22H26N4O3S/c1-29-17-7-5-15(6-8-17)24-9-11-25(12-10-24)20(27)13-16-14-30-22-23-19-4-2-3-18(19)21(28)26(16)22/h5-8,16H,2-4,9-14H2,1H3. The second-order valence-corrected chi connectivity index (χ2v) is 9.07. The molecular formula is C22H26N4O3S. The van der Waals surface area contributed by atoms with E-state index in [1.807, 2.05) is 17.0 Å². The summed E-state index contributed by atoms with van der Waals surface area (Å²) in [6, 6.07) is 7.96. The van der Waals surface area contributed by atoms with Gasteiger partial charge in [0.1, 0.15) is 5.75 Å². The minimum Gasteiger partial charge on any atom is -0.497 e. The molecular weight excluding hydrogens is 400 g/mol. The second kappa shape index (κ2) is 7.98. The fourth-order valence-electron chi connectivity index (χ4n) is 4.64. The van der Waals surface area contributed by atoms with Crippen LogP contribution in [0.4, 0.5) is 5.69 Å². The van der Waals surface area contributed by atoms with E-state index in [1.165, 1.54) is 0 Å². The first-order valence-corrected chi connectivity index (χ1v) is 11.6. The van der Waals surface area contributed by atoms with Crippen LogP contribution in [0.1, 0.15) is 30.1 Å². The molecule has 5 rings (SSSR count). The maximum atomic E-state index is 13.0. The van der Waals surface area contributed by atoms with Crippen molar-refractivity contribution in [2.24, 2.45) is 0 Å². The fourth-order valence-corrected chi connectivity index (χ4v) is 5.79. The fraction of sp³-hybridized carbons (Fsp3) is 0.500. The quantitative estimate of drug-likeness (QED) is 0.698. The summed E-state index contributed by atoms with van der Waals surface area (Å²) < 4.78 is 7.02. The first-order chi connectivity index (χ1) is 14.6. The van der Waals surface area contributed by atoms with Crippen LogP contribution in [-0.4, -0.2) is 59.4 Å². The van der Waals surface area contributed by atoms with Crippen LogP contribution in [0.2, 0.25) is 0 Å². The summed E-state index contributed by atoms with van der Waals surface area (Å²) in [7, 11) is 1.66. The molecule has 0 spiro atoms. The number of hydrogen-bond donors (Lipinski definition) is 0. The van der Waals surface area contributed by atoms with Crippen molar-refractivity contribution in [1.82, 2.24) is 14.5 Å². The van der Waals surface area contributed by atoms with Crippen LogP contribution in [0, 0.1) is 0 Å². The third kappa shape index (κ3) is 3.47. The number of fused-ring (bicyclic) bond motifs is 2. The molecule has 8 heteroatoms. The molecule has 30 heavy (non-hydrogen) atoms. The van der Waals surface area contributed by atoms with Crippen LogP contribution in [0.15, 0.2) is 34.2 Å². The molecule has 1 aliphatic carbocycles. The van der Waals surface area contributed by atoms with Gasteiger partial charge in [0.05, 0.1) is 18.8 Å². The molecule has 2 aliphatic heterocycles. The highest BCUT2D eigenvalue weighted by Gasteiger charge is 2.32. The average Bonchev–Trinajstić information content (AvgIpc) is 3.42. The van der Waals surface area contributed by atoms with E-state index in [2.05, 4.69) is 17.0 Å². The number of thioether (sulfide) groups is 1. The normalized spacial score (nSPS) is 20.2. The highest BCUT2D eigenvalue weighted by molar-refractivity contribution is 7.99. The number of anilines is 1. The second-order valence-electron chi connectivity index (χ2n) is 8.08. The molecule has 0 N–H and O–H groups in total. The van der Waals surface area contributed by atoms with Crippen LogP contribution in [0.25, 0.3) is 0 Å². The van der Waals surface area contributed by atoms with Crippen LogP contribution in [0.5, 0.6) is 5.75 Å². The smallest absolute Gasteiger partial charge is 0.257 e. The van der Waals surface area contributed by atoms with Crippen molar-refractivity contribution in [1.29, 1.82) is 0 Å². The van der Waals surface area contributed by atoms with Gasteiger partial charge in [0.2, 0.25) is 5.91 Å². The third-order valence-corrected chi connectivity index (χ3v) is 7.45. The van der Waals surface area contributed by atoms with Crippen LogP contribution in [-0.2, 0) is 17.6 Å². The summed E-state index contributed by atoms with van der Waals surface area (Å²) in [6.45, 7) is 3.02. The Labute approximate surface area is 180 Å². The van der Waals surface area contributed by atoms with Crippen molar-refractivity contribution in [2.75, 3.05) is 43.9 Å². The zero-order valence-electron chi connectivity index (χ0n) is 17.2. The molecule has 1 unspecified atom stereocenters. The van der Waals surface area contributed by atoms with E-state index in [4.69, 9.17) is 9.72 Å². The van der Waals surface area contributed by atoms with E-state index in [0.29, 0.717) is 19.5 Å². The molecule has 1 aromatic carbocycles. The number of aryl methyl sites for hydroxylation is 1. The number of aromatic nitrogens is 2. The largest absolute Gasteiger partial charge is 0.497 e. The number of carbonyl (C=O) groups is 1. The Morgan fingerprint density at radius 3 is 2.67 bits per heavy atom. The van der Waals surface area contributed by atoms with Gasteiger partial charge in [-0.25, -0.2) is 4.98 Å². The monoisotopic (exact) mass is 426 g/mol. The Kier molecular flexibility index (Phi) is 5.18. The van der Waals surface area contributed by atoms with E-state index < -0.39 is 0 Å². The highest BCUT2D eigenvalue weighted by Crippen LogP contribution is 2.34. The van der Waals surface area contributed by atoms with E-state index in [1.54, 1.807) is 23.4 Å². The number of amides is 1. The Balaban J connectivity index is 1.22. The zero-order valence-corrected chi connectivity index (χ0v) is 18.0. The number of piperazine rings is 1. The minimum absolute atomic E-state index is 0.0805. The van der Waals surface area contributed by atoms with E-state index in [-0.39, 0.29) is 17.5 Å². The van der Waals surface area contributed by atoms with Gasteiger partial charge in [-0.1, -0.05) is 11.8 Å². The Morgan fingerprint density at radius 1 is 1.17 bits per heavy atom. The lowest BCUT2D eigenvalue weighted by Gasteiger charge is -2.36. The lowest BCUT2D eigenvalue weighted by atomic mass is 10.1. The molecule has 2 aromatic rings. The van der Waals surface area contributed by atoms with Gasteiger partial charge in [-0.15, -0.1) is 0 Å². The SMILES string of the molecule is COc1ccc(N2CCN(C(=O)CC3CSc4nc5c(c(=O)n43)CCC5)CC2)cc1. The highest BCUT2D eigenvalue weighted by atomic mass is 32.2. The molecule has 0 bridgehead atoms. The number of rotatable bonds is 4. The van der Waals surface area contributed by atoms with Crippen molar-refractivity contribution in [3.05, 3.63) is 45.9 Å². The Hall–Kier alpha value is -2.48. The number of carbonyl (C=O) groups excluding carboxylic acids is 1. The maximum absolute atomic E-state index is 13.0. The molecule has 3 heterocycles. The van der Waals surface area contributed by atoms with Gasteiger partial charge in [-0.3, -0.25) is 14.2 Å². The van der Waals surface area contributed by atoms with Crippen LogP contribution in [0.3, 0.4) is 0 Å². The first-order valence-electron chi connectivity index (χ1n) is 10.6. The van der Waals surface area contributed by atoms with E-state index in [0.717, 1.165) is 66.0 Å². The Morgan fingerprint density at radius 2 is 1.93 bits per heavy atom. The first kappa shape index (κ1) is 19.5. The van der Waals surface area contributed by atoms with Crippen LogP contribution < -0.4 is 15.2 Å². The minimum atomic E-state index is -0.0805. The van der Waals surface area contributed by atoms with Crippen molar-refractivity contribution < 1.29 is 9.53 Å². The lowest BCUT2D eigenvalue weighted by molar-refractivity contribution is -0.132. The number of methoxy groups -OCH3 is 1. The number of nitrogens with zero attached hydrogens (tertiary/aromatic N) is 4. The van der Waals surface area contributed by atoms with Crippen molar-refractivity contribution in [2.45, 2.75) is 36.9 Å². The predicted molar refractivity (Wildman–Crippen MR) is 117 cm³/mol. The summed E-state index contributed by atoms with van der Waals surface area (Å²) in [5.41, 5.74) is 3.07. The number of ether oxygens (including phenoxy) is 1. The molecule has 1 amide bonds. The van der Waals surface area contributed by atoms with E-state index in [9.17, 15) is 9.59 Å². The van der Waals surface area contributed by atoms with Crippen molar-refractivity contribution >= 4 is 23.4 Å². The molecule has 3 aliphatic rings. The van der Waals surface area contributed by atoms with E-state index >= 15 is 0 Å². The summed E-state index contributed by atoms with van der Waals surface area (Å²) in [5.74, 6) is 1.73. The summed E-state index contributed by atoms with van der Waals surface area (Å²) in [6.07, 6.45) is 3.11. The molecule has 7 nitrogen and oxygen atoms in total. The molecule has 0 radical (unpaired) electrons. The van der Waals surface area contributed by atoms with Crippen LogP contribution >= 0.6 is 11.8 Å². The Bertz CT molecular complexity index is 1010.